The number of hydrogen-bond acceptors (Lipinski definition) is 6. The fourth-order valence-corrected chi connectivity index (χ4v) is 4.85. The van der Waals surface area contributed by atoms with Crippen molar-refractivity contribution >= 4 is 23.6 Å². The molecule has 1 saturated heterocycles. The predicted molar refractivity (Wildman–Crippen MR) is 145 cm³/mol. The van der Waals surface area contributed by atoms with E-state index in [9.17, 15) is 19.2 Å². The van der Waals surface area contributed by atoms with Crippen LogP contribution in [-0.2, 0) is 14.4 Å². The average Bonchev–Trinajstić information content (AvgIpc) is 3.15. The Labute approximate surface area is 225 Å². The summed E-state index contributed by atoms with van der Waals surface area (Å²) < 4.78 is 5.85. The Kier molecular flexibility index (Phi) is 11.4. The third-order valence-electron chi connectivity index (χ3n) is 6.97. The largest absolute Gasteiger partial charge is 0.491 e. The molecule has 1 aromatic carbocycles. The monoisotopic (exact) mass is 529 g/mol. The molecule has 38 heavy (non-hydrogen) atoms. The fraction of sp³-hybridized carbons (Fsp3) is 0.643. The Morgan fingerprint density at radius 3 is 2.47 bits per heavy atom. The highest BCUT2D eigenvalue weighted by Crippen LogP contribution is 2.19. The van der Waals surface area contributed by atoms with Gasteiger partial charge in [0.25, 0.3) is 5.91 Å². The van der Waals surface area contributed by atoms with E-state index in [2.05, 4.69) is 20.9 Å². The number of carbonyl (C=O) groups is 4. The van der Waals surface area contributed by atoms with E-state index >= 15 is 0 Å². The number of amides is 4. The van der Waals surface area contributed by atoms with Gasteiger partial charge >= 0.3 is 0 Å². The number of nitrogens with zero attached hydrogens (tertiary/aromatic N) is 2. The predicted octanol–water partition coefficient (Wildman–Crippen LogP) is 1.55. The molecule has 3 rings (SSSR count). The lowest BCUT2D eigenvalue weighted by atomic mass is 10.0. The SMILES string of the molecule is CC(C)C[C@@H]1NC(=O)C[C@@H](C(=O)NCCN2CCCCCC2)NC(=O)c2ccccc2OCCN(C)C1=O. The lowest BCUT2D eigenvalue weighted by Crippen LogP contribution is -2.53. The van der Waals surface area contributed by atoms with Crippen LogP contribution in [0.5, 0.6) is 5.75 Å². The van der Waals surface area contributed by atoms with Crippen LogP contribution in [0.1, 0.15) is 62.7 Å². The van der Waals surface area contributed by atoms with E-state index in [-0.39, 0.29) is 30.4 Å². The van der Waals surface area contributed by atoms with Crippen LogP contribution in [0.25, 0.3) is 0 Å². The minimum absolute atomic E-state index is 0.164. The summed E-state index contributed by atoms with van der Waals surface area (Å²) in [5.41, 5.74) is 0.263. The number of ether oxygens (including phenoxy) is 1. The number of nitrogens with one attached hydrogen (secondary N) is 3. The molecule has 2 aliphatic heterocycles. The molecule has 210 valence electrons. The quantitative estimate of drug-likeness (QED) is 0.514. The molecule has 2 aliphatic rings. The van der Waals surface area contributed by atoms with Crippen molar-refractivity contribution in [3.63, 3.8) is 0 Å². The van der Waals surface area contributed by atoms with Crippen LogP contribution in [0.4, 0.5) is 0 Å². The molecule has 0 saturated carbocycles. The summed E-state index contributed by atoms with van der Waals surface area (Å²) >= 11 is 0. The topological polar surface area (TPSA) is 120 Å². The van der Waals surface area contributed by atoms with Crippen molar-refractivity contribution in [2.24, 2.45) is 5.92 Å². The van der Waals surface area contributed by atoms with Crippen LogP contribution >= 0.6 is 0 Å². The summed E-state index contributed by atoms with van der Waals surface area (Å²) in [6, 6.07) is 4.91. The average molecular weight is 530 g/mol. The summed E-state index contributed by atoms with van der Waals surface area (Å²) in [7, 11) is 1.66. The summed E-state index contributed by atoms with van der Waals surface area (Å²) in [6.45, 7) is 7.58. The summed E-state index contributed by atoms with van der Waals surface area (Å²) in [5.74, 6) is -1.10. The van der Waals surface area contributed by atoms with Gasteiger partial charge in [0, 0.05) is 20.1 Å². The van der Waals surface area contributed by atoms with Crippen LogP contribution < -0.4 is 20.7 Å². The first-order valence-electron chi connectivity index (χ1n) is 13.8. The van der Waals surface area contributed by atoms with Gasteiger partial charge in [0.05, 0.1) is 18.5 Å². The molecule has 2 atom stereocenters. The number of hydrogen-bond donors (Lipinski definition) is 3. The van der Waals surface area contributed by atoms with Crippen molar-refractivity contribution in [1.82, 2.24) is 25.8 Å². The fourth-order valence-electron chi connectivity index (χ4n) is 4.85. The first-order valence-corrected chi connectivity index (χ1v) is 13.8. The van der Waals surface area contributed by atoms with E-state index in [0.29, 0.717) is 31.8 Å². The van der Waals surface area contributed by atoms with Gasteiger partial charge < -0.3 is 30.5 Å². The molecule has 1 aromatic rings. The molecule has 2 heterocycles. The smallest absolute Gasteiger partial charge is 0.255 e. The third kappa shape index (κ3) is 9.01. The Bertz CT molecular complexity index is 961. The summed E-state index contributed by atoms with van der Waals surface area (Å²) in [5, 5.41) is 8.43. The molecule has 0 radical (unpaired) electrons. The molecule has 0 aliphatic carbocycles. The van der Waals surface area contributed by atoms with Crippen molar-refractivity contribution < 1.29 is 23.9 Å². The van der Waals surface area contributed by atoms with E-state index < -0.39 is 29.8 Å². The molecule has 4 amide bonds. The van der Waals surface area contributed by atoms with Crippen molar-refractivity contribution in [3.8, 4) is 5.75 Å². The van der Waals surface area contributed by atoms with Crippen molar-refractivity contribution in [1.29, 1.82) is 0 Å². The van der Waals surface area contributed by atoms with Crippen LogP contribution in [-0.4, -0.2) is 91.9 Å². The molecule has 10 heteroatoms. The normalized spacial score (nSPS) is 22.4. The summed E-state index contributed by atoms with van der Waals surface area (Å²) in [4.78, 5) is 56.5. The molecular formula is C28H43N5O5. The number of carbonyl (C=O) groups excluding carboxylic acids is 4. The van der Waals surface area contributed by atoms with E-state index in [1.54, 1.807) is 31.3 Å². The molecular weight excluding hydrogens is 486 g/mol. The Morgan fingerprint density at radius 1 is 1.05 bits per heavy atom. The number of likely N-dealkylation sites (tertiary alicyclic amines) is 1. The van der Waals surface area contributed by atoms with Gasteiger partial charge in [-0.3, -0.25) is 19.2 Å². The highest BCUT2D eigenvalue weighted by Gasteiger charge is 2.30. The first kappa shape index (κ1) is 29.4. The molecule has 0 aromatic heterocycles. The number of para-hydroxylation sites is 1. The van der Waals surface area contributed by atoms with Crippen LogP contribution in [0, 0.1) is 5.92 Å². The third-order valence-corrected chi connectivity index (χ3v) is 6.97. The van der Waals surface area contributed by atoms with Gasteiger partial charge in [-0.2, -0.15) is 0 Å². The zero-order valence-corrected chi connectivity index (χ0v) is 23.0. The highest BCUT2D eigenvalue weighted by molar-refractivity contribution is 6.01. The van der Waals surface area contributed by atoms with Crippen LogP contribution in [0.2, 0.25) is 0 Å². The molecule has 3 N–H and O–H groups in total. The van der Waals surface area contributed by atoms with Gasteiger partial charge in [-0.15, -0.1) is 0 Å². The zero-order valence-electron chi connectivity index (χ0n) is 23.0. The van der Waals surface area contributed by atoms with Gasteiger partial charge in [-0.05, 0) is 50.4 Å². The second kappa shape index (κ2) is 14.7. The van der Waals surface area contributed by atoms with Gasteiger partial charge in [0.2, 0.25) is 17.7 Å². The van der Waals surface area contributed by atoms with Gasteiger partial charge in [-0.25, -0.2) is 0 Å². The molecule has 10 nitrogen and oxygen atoms in total. The lowest BCUT2D eigenvalue weighted by molar-refractivity contribution is -0.136. The van der Waals surface area contributed by atoms with E-state index in [1.165, 1.54) is 17.7 Å². The van der Waals surface area contributed by atoms with E-state index in [4.69, 9.17) is 4.74 Å². The Morgan fingerprint density at radius 2 is 1.76 bits per heavy atom. The number of fused-ring (bicyclic) bond motifs is 1. The van der Waals surface area contributed by atoms with Gasteiger partial charge in [0.1, 0.15) is 24.4 Å². The number of benzene rings is 1. The summed E-state index contributed by atoms with van der Waals surface area (Å²) in [6.07, 6.45) is 4.94. The maximum absolute atomic E-state index is 13.2. The van der Waals surface area contributed by atoms with Gasteiger partial charge in [-0.1, -0.05) is 38.8 Å². The molecule has 0 bridgehead atoms. The number of likely N-dealkylation sites (N-methyl/N-ethyl adjacent to an activating group) is 1. The van der Waals surface area contributed by atoms with Crippen LogP contribution in [0.15, 0.2) is 24.3 Å². The highest BCUT2D eigenvalue weighted by atomic mass is 16.5. The molecule has 1 fully saturated rings. The maximum atomic E-state index is 13.2. The second-order valence-corrected chi connectivity index (χ2v) is 10.6. The molecule has 0 unspecified atom stereocenters. The van der Waals surface area contributed by atoms with E-state index in [0.717, 1.165) is 25.9 Å². The molecule has 0 spiro atoms. The van der Waals surface area contributed by atoms with E-state index in [1.807, 2.05) is 13.8 Å². The number of rotatable bonds is 6. The first-order chi connectivity index (χ1) is 18.2. The van der Waals surface area contributed by atoms with Crippen molar-refractivity contribution in [2.75, 3.05) is 46.4 Å². The minimum atomic E-state index is -1.10. The van der Waals surface area contributed by atoms with Crippen molar-refractivity contribution in [2.45, 2.75) is 64.5 Å². The minimum Gasteiger partial charge on any atom is -0.491 e. The Hall–Kier alpha value is -3.14. The van der Waals surface area contributed by atoms with Crippen molar-refractivity contribution in [3.05, 3.63) is 29.8 Å². The standard InChI is InChI=1S/C28H43N5O5/c1-20(2)18-23-28(37)32(3)16-17-38-24-11-7-6-10-21(24)26(35)31-22(19-25(34)30-23)27(36)29-12-15-33-13-8-4-5-9-14-33/h6-7,10-11,20,22-23H,4-5,8-9,12-19H2,1-3H3,(H,29,36)(H,30,34)(H,31,35)/t22-,23-/m0/s1. The zero-order chi connectivity index (χ0) is 27.5. The lowest BCUT2D eigenvalue weighted by Gasteiger charge is -2.27. The second-order valence-electron chi connectivity index (χ2n) is 10.6. The van der Waals surface area contributed by atoms with Crippen LogP contribution in [0.3, 0.4) is 0 Å². The Balaban J connectivity index is 1.77. The van der Waals surface area contributed by atoms with Gasteiger partial charge in [0.15, 0.2) is 0 Å². The maximum Gasteiger partial charge on any atom is 0.255 e.